The normalized spacial score (nSPS) is 11.0. The number of carbonyl (C=O) groups excluding carboxylic acids is 1. The van der Waals surface area contributed by atoms with Crippen molar-refractivity contribution < 1.29 is 14.3 Å². The molecule has 8 nitrogen and oxygen atoms in total. The summed E-state index contributed by atoms with van der Waals surface area (Å²) in [4.78, 5) is 16.6. The van der Waals surface area contributed by atoms with Crippen LogP contribution in [0, 0.1) is 39.0 Å². The predicted octanol–water partition coefficient (Wildman–Crippen LogP) is 4.42. The first-order chi connectivity index (χ1) is 16.3. The number of rotatable bonds is 8. The van der Waals surface area contributed by atoms with E-state index in [9.17, 15) is 10.1 Å². The van der Waals surface area contributed by atoms with Gasteiger partial charge in [0.2, 0.25) is 5.88 Å². The van der Waals surface area contributed by atoms with Crippen molar-refractivity contribution in [3.63, 3.8) is 0 Å². The fourth-order valence-corrected chi connectivity index (χ4v) is 4.04. The lowest BCUT2D eigenvalue weighted by Crippen LogP contribution is -2.25. The SMILES string of the molecule is COCc1c(Br)c(C)nc(OCC(=O)N/N=C\c2cc(C)n(-c3cccc(C)c3)c2C)c1C#N. The Morgan fingerprint density at radius 1 is 1.29 bits per heavy atom. The molecule has 1 N–H and O–H groups in total. The number of hydrogen-bond donors (Lipinski definition) is 1. The van der Waals surface area contributed by atoms with Crippen LogP contribution in [-0.4, -0.2) is 35.4 Å². The average Bonchev–Trinajstić information content (AvgIpc) is 3.08. The van der Waals surface area contributed by atoms with Gasteiger partial charge in [0.15, 0.2) is 6.61 Å². The van der Waals surface area contributed by atoms with E-state index in [4.69, 9.17) is 9.47 Å². The van der Waals surface area contributed by atoms with E-state index in [1.807, 2.05) is 26.0 Å². The number of hydrazone groups is 1. The van der Waals surface area contributed by atoms with Gasteiger partial charge in [-0.3, -0.25) is 4.79 Å². The zero-order chi connectivity index (χ0) is 24.8. The first-order valence-electron chi connectivity index (χ1n) is 10.6. The van der Waals surface area contributed by atoms with Gasteiger partial charge in [-0.05, 0) is 67.4 Å². The number of aromatic nitrogens is 2. The van der Waals surface area contributed by atoms with Crippen molar-refractivity contribution in [1.82, 2.24) is 15.0 Å². The second-order valence-electron chi connectivity index (χ2n) is 7.80. The molecule has 2 aromatic heterocycles. The molecule has 0 atom stereocenters. The van der Waals surface area contributed by atoms with Gasteiger partial charge in [0, 0.05) is 39.8 Å². The Kier molecular flexibility index (Phi) is 8.21. The number of halogens is 1. The lowest BCUT2D eigenvalue weighted by molar-refractivity contribution is -0.123. The van der Waals surface area contributed by atoms with Gasteiger partial charge >= 0.3 is 0 Å². The number of hydrogen-bond acceptors (Lipinski definition) is 6. The van der Waals surface area contributed by atoms with Crippen molar-refractivity contribution in [1.29, 1.82) is 5.26 Å². The summed E-state index contributed by atoms with van der Waals surface area (Å²) in [6.45, 7) is 7.73. The van der Waals surface area contributed by atoms with Crippen LogP contribution in [0.4, 0.5) is 0 Å². The van der Waals surface area contributed by atoms with Crippen molar-refractivity contribution >= 4 is 28.1 Å². The molecule has 0 spiro atoms. The van der Waals surface area contributed by atoms with Gasteiger partial charge < -0.3 is 14.0 Å². The van der Waals surface area contributed by atoms with Crippen LogP contribution < -0.4 is 10.2 Å². The summed E-state index contributed by atoms with van der Waals surface area (Å²) in [6.07, 6.45) is 1.60. The van der Waals surface area contributed by atoms with E-state index in [1.165, 1.54) is 12.7 Å². The molecule has 1 amide bonds. The minimum Gasteiger partial charge on any atom is -0.467 e. The second kappa shape index (κ2) is 11.1. The van der Waals surface area contributed by atoms with Crippen LogP contribution in [0.25, 0.3) is 5.69 Å². The smallest absolute Gasteiger partial charge is 0.278 e. The number of amides is 1. The highest BCUT2D eigenvalue weighted by atomic mass is 79.9. The van der Waals surface area contributed by atoms with Crippen LogP contribution in [0.5, 0.6) is 5.88 Å². The van der Waals surface area contributed by atoms with E-state index < -0.39 is 5.91 Å². The third-order valence-electron chi connectivity index (χ3n) is 5.23. The third-order valence-corrected chi connectivity index (χ3v) is 6.28. The van der Waals surface area contributed by atoms with Gasteiger partial charge in [-0.15, -0.1) is 0 Å². The van der Waals surface area contributed by atoms with E-state index in [0.29, 0.717) is 15.7 Å². The van der Waals surface area contributed by atoms with E-state index in [0.717, 1.165) is 22.6 Å². The molecule has 0 fully saturated rings. The molecule has 0 saturated carbocycles. The minimum absolute atomic E-state index is 0.0797. The molecule has 1 aromatic carbocycles. The first kappa shape index (κ1) is 25.1. The van der Waals surface area contributed by atoms with E-state index in [-0.39, 0.29) is 24.7 Å². The molecule has 0 saturated heterocycles. The van der Waals surface area contributed by atoms with Crippen molar-refractivity contribution in [2.45, 2.75) is 34.3 Å². The summed E-state index contributed by atoms with van der Waals surface area (Å²) in [6, 6.07) is 12.3. The second-order valence-corrected chi connectivity index (χ2v) is 8.59. The van der Waals surface area contributed by atoms with E-state index in [1.54, 1.807) is 13.1 Å². The molecule has 34 heavy (non-hydrogen) atoms. The zero-order valence-electron chi connectivity index (χ0n) is 19.8. The lowest BCUT2D eigenvalue weighted by atomic mass is 10.1. The first-order valence-corrected chi connectivity index (χ1v) is 11.3. The Labute approximate surface area is 207 Å². The molecular formula is C25H26BrN5O3. The number of pyridine rings is 1. The molecule has 2 heterocycles. The van der Waals surface area contributed by atoms with Crippen LogP contribution in [0.3, 0.4) is 0 Å². The van der Waals surface area contributed by atoms with Gasteiger partial charge in [-0.2, -0.15) is 10.4 Å². The number of aryl methyl sites for hydroxylation is 3. The number of carbonyl (C=O) groups is 1. The predicted molar refractivity (Wildman–Crippen MR) is 133 cm³/mol. The molecule has 0 radical (unpaired) electrons. The number of benzene rings is 1. The van der Waals surface area contributed by atoms with Crippen LogP contribution in [0.2, 0.25) is 0 Å². The highest BCUT2D eigenvalue weighted by molar-refractivity contribution is 9.10. The number of nitriles is 1. The van der Waals surface area contributed by atoms with Crippen molar-refractivity contribution in [2.75, 3.05) is 13.7 Å². The Morgan fingerprint density at radius 3 is 2.74 bits per heavy atom. The number of nitrogens with zero attached hydrogens (tertiary/aromatic N) is 4. The standard InChI is InChI=1S/C25H26BrN5O3/c1-15-7-6-8-20(9-15)31-16(2)10-19(18(31)4)12-28-30-23(32)14-34-25-21(11-27)22(13-33-5)24(26)17(3)29-25/h6-10,12H,13-14H2,1-5H3,(H,30,32)/b28-12-. The fourth-order valence-electron chi connectivity index (χ4n) is 3.64. The summed E-state index contributed by atoms with van der Waals surface area (Å²) in [5.74, 6) is -0.389. The van der Waals surface area contributed by atoms with Crippen molar-refractivity contribution in [2.24, 2.45) is 5.10 Å². The molecule has 0 aliphatic rings. The van der Waals surface area contributed by atoms with E-state index >= 15 is 0 Å². The van der Waals surface area contributed by atoms with Gasteiger partial charge in [0.05, 0.1) is 18.5 Å². The van der Waals surface area contributed by atoms with Gasteiger partial charge in [0.1, 0.15) is 11.6 Å². The van der Waals surface area contributed by atoms with Gasteiger partial charge in [0.25, 0.3) is 5.91 Å². The topological polar surface area (TPSA) is 102 Å². The van der Waals surface area contributed by atoms with Crippen LogP contribution in [0.15, 0.2) is 39.9 Å². The summed E-state index contributed by atoms with van der Waals surface area (Å²) < 4.78 is 13.5. The van der Waals surface area contributed by atoms with E-state index in [2.05, 4.69) is 67.2 Å². The monoisotopic (exact) mass is 523 g/mol. The number of methoxy groups -OCH3 is 1. The Morgan fingerprint density at radius 2 is 2.06 bits per heavy atom. The summed E-state index contributed by atoms with van der Waals surface area (Å²) in [5, 5.41) is 13.6. The third kappa shape index (κ3) is 5.53. The molecule has 3 aromatic rings. The lowest BCUT2D eigenvalue weighted by Gasteiger charge is -2.13. The van der Waals surface area contributed by atoms with Crippen LogP contribution in [0.1, 0.15) is 39.3 Å². The number of ether oxygens (including phenoxy) is 2. The molecule has 3 rings (SSSR count). The van der Waals surface area contributed by atoms with Gasteiger partial charge in [-0.25, -0.2) is 10.4 Å². The maximum absolute atomic E-state index is 12.3. The summed E-state index contributed by atoms with van der Waals surface area (Å²) in [5.41, 5.74) is 9.15. The highest BCUT2D eigenvalue weighted by Crippen LogP contribution is 2.30. The van der Waals surface area contributed by atoms with Crippen molar-refractivity contribution in [3.05, 3.63) is 74.1 Å². The molecule has 176 valence electrons. The maximum atomic E-state index is 12.3. The molecule has 9 heteroatoms. The largest absolute Gasteiger partial charge is 0.467 e. The molecular weight excluding hydrogens is 498 g/mol. The van der Waals surface area contributed by atoms with Crippen LogP contribution >= 0.6 is 15.9 Å². The van der Waals surface area contributed by atoms with Crippen LogP contribution in [-0.2, 0) is 16.1 Å². The molecule has 0 aliphatic carbocycles. The molecule has 0 unspecified atom stereocenters. The Hall–Kier alpha value is -3.48. The number of nitrogens with one attached hydrogen (secondary N) is 1. The van der Waals surface area contributed by atoms with Gasteiger partial charge in [-0.1, -0.05) is 12.1 Å². The summed E-state index contributed by atoms with van der Waals surface area (Å²) >= 11 is 3.42. The maximum Gasteiger partial charge on any atom is 0.278 e. The van der Waals surface area contributed by atoms with Crippen molar-refractivity contribution in [3.8, 4) is 17.6 Å². The summed E-state index contributed by atoms with van der Waals surface area (Å²) in [7, 11) is 1.54. The zero-order valence-corrected chi connectivity index (χ0v) is 21.4. The fraction of sp³-hybridized carbons (Fsp3) is 0.280. The molecule has 0 aliphatic heterocycles. The Bertz CT molecular complexity index is 1290. The average molecular weight is 524 g/mol. The molecule has 0 bridgehead atoms. The quantitative estimate of drug-likeness (QED) is 0.348. The minimum atomic E-state index is -0.469. The highest BCUT2D eigenvalue weighted by Gasteiger charge is 2.18. The Balaban J connectivity index is 1.68.